The molecule has 0 aromatic heterocycles. The maximum atomic E-state index is 12.2. The molecule has 0 unspecified atom stereocenters. The molecule has 0 saturated carbocycles. The first kappa shape index (κ1) is 15.8. The maximum Gasteiger partial charge on any atom is 0.242 e. The normalized spacial score (nSPS) is 11.5. The van der Waals surface area contributed by atoms with Crippen molar-refractivity contribution >= 4 is 27.3 Å². The number of benzene rings is 2. The van der Waals surface area contributed by atoms with Crippen molar-refractivity contribution in [2.45, 2.75) is 18.0 Å². The van der Waals surface area contributed by atoms with Crippen LogP contribution in [0.3, 0.4) is 0 Å². The van der Waals surface area contributed by atoms with Gasteiger partial charge in [0.05, 0.1) is 11.6 Å². The van der Waals surface area contributed by atoms with E-state index < -0.39 is 10.0 Å². The minimum atomic E-state index is -3.76. The second-order valence-corrected chi connectivity index (χ2v) is 6.64. The summed E-state index contributed by atoms with van der Waals surface area (Å²) in [4.78, 5) is -0.0533. The van der Waals surface area contributed by atoms with Crippen LogP contribution in [0.2, 0.25) is 5.02 Å². The van der Waals surface area contributed by atoms with Crippen molar-refractivity contribution in [3.05, 3.63) is 58.6 Å². The van der Waals surface area contributed by atoms with Gasteiger partial charge in [-0.1, -0.05) is 35.9 Å². The second-order valence-electron chi connectivity index (χ2n) is 4.49. The van der Waals surface area contributed by atoms with Gasteiger partial charge in [-0.2, -0.15) is 0 Å². The van der Waals surface area contributed by atoms with Crippen LogP contribution in [0.1, 0.15) is 11.1 Å². The van der Waals surface area contributed by atoms with Crippen molar-refractivity contribution < 1.29 is 13.5 Å². The first-order chi connectivity index (χ1) is 9.92. The van der Waals surface area contributed by atoms with E-state index in [1.54, 1.807) is 24.3 Å². The van der Waals surface area contributed by atoms with E-state index in [1.165, 1.54) is 18.2 Å². The fourth-order valence-electron chi connectivity index (χ4n) is 1.82. The summed E-state index contributed by atoms with van der Waals surface area (Å²) in [6.07, 6.45) is 0. The number of sulfonamides is 1. The van der Waals surface area contributed by atoms with Crippen molar-refractivity contribution in [1.82, 2.24) is 4.72 Å². The van der Waals surface area contributed by atoms with Gasteiger partial charge in [0.2, 0.25) is 10.0 Å². The van der Waals surface area contributed by atoms with Crippen LogP contribution >= 0.6 is 11.6 Å². The standard InChI is InChI=1S/C14H15ClN2O3S/c15-13-5-4-12(16)7-14(13)21(19,20)17-8-10-2-1-3-11(6-10)9-18/h1-7,17-18H,8-9,16H2. The maximum absolute atomic E-state index is 12.2. The van der Waals surface area contributed by atoms with Crippen LogP contribution < -0.4 is 10.5 Å². The van der Waals surface area contributed by atoms with Gasteiger partial charge < -0.3 is 10.8 Å². The molecule has 0 aliphatic heterocycles. The minimum absolute atomic E-state index is 0.0533. The monoisotopic (exact) mass is 326 g/mol. The van der Waals surface area contributed by atoms with Gasteiger partial charge in [0.1, 0.15) is 4.90 Å². The van der Waals surface area contributed by atoms with Gasteiger partial charge in [0.25, 0.3) is 0 Å². The number of rotatable bonds is 5. The molecule has 2 aromatic carbocycles. The molecule has 0 aliphatic rings. The van der Waals surface area contributed by atoms with Gasteiger partial charge in [-0.15, -0.1) is 0 Å². The summed E-state index contributed by atoms with van der Waals surface area (Å²) in [7, 11) is -3.76. The lowest BCUT2D eigenvalue weighted by Gasteiger charge is -2.09. The zero-order valence-corrected chi connectivity index (χ0v) is 12.7. The summed E-state index contributed by atoms with van der Waals surface area (Å²) < 4.78 is 26.9. The van der Waals surface area contributed by atoms with E-state index in [1.807, 2.05) is 0 Å². The molecular weight excluding hydrogens is 312 g/mol. The van der Waals surface area contributed by atoms with E-state index in [2.05, 4.69) is 4.72 Å². The third kappa shape index (κ3) is 3.95. The Bertz CT molecular complexity index is 748. The number of aliphatic hydroxyl groups excluding tert-OH is 1. The Labute approximate surface area is 128 Å². The second kappa shape index (κ2) is 6.44. The predicted molar refractivity (Wildman–Crippen MR) is 82.3 cm³/mol. The zero-order chi connectivity index (χ0) is 15.5. The van der Waals surface area contributed by atoms with Crippen LogP contribution in [0, 0.1) is 0 Å². The summed E-state index contributed by atoms with van der Waals surface area (Å²) in [5, 5.41) is 9.18. The van der Waals surface area contributed by atoms with Crippen molar-refractivity contribution in [3.8, 4) is 0 Å². The third-order valence-electron chi connectivity index (χ3n) is 2.89. The highest BCUT2D eigenvalue weighted by atomic mass is 35.5. The first-order valence-corrected chi connectivity index (χ1v) is 8.02. The first-order valence-electron chi connectivity index (χ1n) is 6.16. The SMILES string of the molecule is Nc1ccc(Cl)c(S(=O)(=O)NCc2cccc(CO)c2)c1. The number of nitrogen functional groups attached to an aromatic ring is 1. The fourth-order valence-corrected chi connectivity index (χ4v) is 3.37. The smallest absolute Gasteiger partial charge is 0.242 e. The molecule has 0 spiro atoms. The summed E-state index contributed by atoms with van der Waals surface area (Å²) in [6.45, 7) is 0.00291. The van der Waals surface area contributed by atoms with Crippen molar-refractivity contribution in [2.75, 3.05) is 5.73 Å². The number of hydrogen-bond acceptors (Lipinski definition) is 4. The molecule has 112 valence electrons. The minimum Gasteiger partial charge on any atom is -0.399 e. The Balaban J connectivity index is 2.19. The Morgan fingerprint density at radius 2 is 1.86 bits per heavy atom. The highest BCUT2D eigenvalue weighted by Gasteiger charge is 2.17. The van der Waals surface area contributed by atoms with Gasteiger partial charge in [0, 0.05) is 12.2 Å². The number of nitrogens with two attached hydrogens (primary N) is 1. The molecule has 0 heterocycles. The molecule has 0 atom stereocenters. The molecule has 2 rings (SSSR count). The fraction of sp³-hybridized carbons (Fsp3) is 0.143. The number of halogens is 1. The molecule has 0 aliphatic carbocycles. The topological polar surface area (TPSA) is 92.4 Å². The number of hydrogen-bond donors (Lipinski definition) is 3. The average molecular weight is 327 g/mol. The predicted octanol–water partition coefficient (Wildman–Crippen LogP) is 1.89. The summed E-state index contributed by atoms with van der Waals surface area (Å²) >= 11 is 5.90. The third-order valence-corrected chi connectivity index (χ3v) is 4.77. The molecule has 0 bridgehead atoms. The van der Waals surface area contributed by atoms with Crippen molar-refractivity contribution in [2.24, 2.45) is 0 Å². The van der Waals surface area contributed by atoms with Crippen LogP contribution in [0.4, 0.5) is 5.69 Å². The summed E-state index contributed by atoms with van der Waals surface area (Å²) in [6, 6.07) is 11.3. The molecule has 0 radical (unpaired) electrons. The van der Waals surface area contributed by atoms with Gasteiger partial charge in [-0.3, -0.25) is 0 Å². The van der Waals surface area contributed by atoms with Crippen LogP contribution in [0.5, 0.6) is 0 Å². The number of anilines is 1. The van der Waals surface area contributed by atoms with Crippen LogP contribution in [-0.4, -0.2) is 13.5 Å². The molecule has 0 fully saturated rings. The largest absolute Gasteiger partial charge is 0.399 e. The average Bonchev–Trinajstić information content (AvgIpc) is 2.48. The highest BCUT2D eigenvalue weighted by molar-refractivity contribution is 7.89. The Morgan fingerprint density at radius 3 is 2.57 bits per heavy atom. The Hall–Kier alpha value is -1.60. The van der Waals surface area contributed by atoms with E-state index in [9.17, 15) is 8.42 Å². The molecule has 2 aromatic rings. The Morgan fingerprint density at radius 1 is 1.14 bits per heavy atom. The molecule has 0 saturated heterocycles. The van der Waals surface area contributed by atoms with E-state index in [4.69, 9.17) is 22.4 Å². The molecule has 7 heteroatoms. The van der Waals surface area contributed by atoms with E-state index >= 15 is 0 Å². The number of nitrogens with one attached hydrogen (secondary N) is 1. The van der Waals surface area contributed by atoms with E-state index in [0.29, 0.717) is 11.3 Å². The summed E-state index contributed by atoms with van der Waals surface area (Å²) in [5.74, 6) is 0. The zero-order valence-electron chi connectivity index (χ0n) is 11.1. The molecular formula is C14H15ClN2O3S. The van der Waals surface area contributed by atoms with E-state index in [0.717, 1.165) is 5.56 Å². The van der Waals surface area contributed by atoms with Crippen LogP contribution in [0.15, 0.2) is 47.4 Å². The Kier molecular flexibility index (Phi) is 4.84. The van der Waals surface area contributed by atoms with Crippen molar-refractivity contribution in [3.63, 3.8) is 0 Å². The molecule has 5 nitrogen and oxygen atoms in total. The quantitative estimate of drug-likeness (QED) is 0.732. The van der Waals surface area contributed by atoms with E-state index in [-0.39, 0.29) is 23.1 Å². The molecule has 0 amide bonds. The van der Waals surface area contributed by atoms with Crippen LogP contribution in [-0.2, 0) is 23.2 Å². The lowest BCUT2D eigenvalue weighted by Crippen LogP contribution is -2.23. The van der Waals surface area contributed by atoms with Gasteiger partial charge in [-0.05, 0) is 29.3 Å². The van der Waals surface area contributed by atoms with Gasteiger partial charge in [-0.25, -0.2) is 13.1 Å². The highest BCUT2D eigenvalue weighted by Crippen LogP contribution is 2.23. The van der Waals surface area contributed by atoms with Crippen molar-refractivity contribution in [1.29, 1.82) is 0 Å². The van der Waals surface area contributed by atoms with Crippen LogP contribution in [0.25, 0.3) is 0 Å². The van der Waals surface area contributed by atoms with Gasteiger partial charge >= 0.3 is 0 Å². The lowest BCUT2D eigenvalue weighted by molar-refractivity contribution is 0.281. The number of aliphatic hydroxyl groups is 1. The summed E-state index contributed by atoms with van der Waals surface area (Å²) in [5.41, 5.74) is 7.37. The molecule has 21 heavy (non-hydrogen) atoms. The van der Waals surface area contributed by atoms with Gasteiger partial charge in [0.15, 0.2) is 0 Å². The molecule has 4 N–H and O–H groups in total. The lowest BCUT2D eigenvalue weighted by atomic mass is 10.1.